The summed E-state index contributed by atoms with van der Waals surface area (Å²) in [6.45, 7) is 4.31. The lowest BCUT2D eigenvalue weighted by atomic mass is 10.1. The summed E-state index contributed by atoms with van der Waals surface area (Å²) >= 11 is 3.17. The monoisotopic (exact) mass is 481 g/mol. The average Bonchev–Trinajstić information content (AvgIpc) is 3.40. The number of fused-ring (bicyclic) bond motifs is 1. The number of anilines is 1. The van der Waals surface area contributed by atoms with Crippen LogP contribution in [-0.4, -0.2) is 29.9 Å². The lowest BCUT2D eigenvalue weighted by Gasteiger charge is -2.08. The molecule has 0 aliphatic rings. The van der Waals surface area contributed by atoms with Crippen LogP contribution in [0.5, 0.6) is 5.75 Å². The van der Waals surface area contributed by atoms with Gasteiger partial charge in [0.25, 0.3) is 11.8 Å². The number of nitrogens with zero attached hydrogens (tertiary/aromatic N) is 1. The summed E-state index contributed by atoms with van der Waals surface area (Å²) in [5.41, 5.74) is 3.08. The first kappa shape index (κ1) is 22.9. The number of aryl methyl sites for hydroxylation is 1. The molecule has 2 amide bonds. The minimum Gasteiger partial charge on any atom is -0.484 e. The molecule has 0 aliphatic carbocycles. The first-order valence-corrected chi connectivity index (χ1v) is 12.3. The van der Waals surface area contributed by atoms with Gasteiger partial charge in [0.15, 0.2) is 12.4 Å². The maximum atomic E-state index is 13.1. The first-order chi connectivity index (χ1) is 16.0. The molecule has 2 N–H and O–H groups in total. The van der Waals surface area contributed by atoms with Crippen molar-refractivity contribution >= 4 is 51.6 Å². The molecule has 0 unspecified atom stereocenters. The molecule has 2 aromatic heterocycles. The van der Waals surface area contributed by atoms with Crippen LogP contribution < -0.4 is 15.4 Å². The van der Waals surface area contributed by atoms with E-state index in [1.807, 2.05) is 43.5 Å². The highest BCUT2D eigenvalue weighted by molar-refractivity contribution is 8.00. The van der Waals surface area contributed by atoms with E-state index in [0.29, 0.717) is 29.3 Å². The van der Waals surface area contributed by atoms with Crippen molar-refractivity contribution in [2.24, 2.45) is 0 Å². The van der Waals surface area contributed by atoms with Crippen LogP contribution in [-0.2, 0) is 10.5 Å². The van der Waals surface area contributed by atoms with E-state index in [-0.39, 0.29) is 24.2 Å². The number of furan rings is 1. The number of ether oxygens (including phenoxy) is 1. The van der Waals surface area contributed by atoms with Crippen molar-refractivity contribution in [3.63, 3.8) is 0 Å². The topological polar surface area (TPSA) is 93.5 Å². The Morgan fingerprint density at radius 3 is 2.67 bits per heavy atom. The zero-order chi connectivity index (χ0) is 23.2. The van der Waals surface area contributed by atoms with Crippen LogP contribution in [0.2, 0.25) is 0 Å². The summed E-state index contributed by atoms with van der Waals surface area (Å²) in [6.07, 6.45) is 0. The molecule has 0 atom stereocenters. The SMILES string of the molecule is CCNC(=O)COc1ccc(NC(=O)c2oc3ccccc3c2CSc2nc(C)cs2)cc1. The smallest absolute Gasteiger partial charge is 0.291 e. The Hall–Kier alpha value is -3.30. The number of amides is 2. The fourth-order valence-electron chi connectivity index (χ4n) is 3.18. The fourth-order valence-corrected chi connectivity index (χ4v) is 5.05. The van der Waals surface area contributed by atoms with E-state index in [1.54, 1.807) is 47.4 Å². The molecule has 4 aromatic rings. The number of thioether (sulfide) groups is 1. The molecule has 0 saturated carbocycles. The van der Waals surface area contributed by atoms with Crippen LogP contribution in [0.4, 0.5) is 5.69 Å². The number of hydrogen-bond acceptors (Lipinski definition) is 7. The first-order valence-electron chi connectivity index (χ1n) is 10.4. The highest BCUT2D eigenvalue weighted by atomic mass is 32.2. The van der Waals surface area contributed by atoms with E-state index in [9.17, 15) is 9.59 Å². The molecule has 0 fully saturated rings. The Morgan fingerprint density at radius 1 is 1.15 bits per heavy atom. The molecule has 2 heterocycles. The van der Waals surface area contributed by atoms with Crippen LogP contribution in [0, 0.1) is 6.92 Å². The minimum atomic E-state index is -0.326. The number of benzene rings is 2. The third-order valence-electron chi connectivity index (χ3n) is 4.70. The third-order valence-corrected chi connectivity index (χ3v) is 6.86. The summed E-state index contributed by atoms with van der Waals surface area (Å²) in [6, 6.07) is 14.5. The van der Waals surface area contributed by atoms with Gasteiger partial charge >= 0.3 is 0 Å². The van der Waals surface area contributed by atoms with Crippen LogP contribution in [0.1, 0.15) is 28.7 Å². The molecule has 0 aliphatic heterocycles. The second-order valence-electron chi connectivity index (χ2n) is 7.17. The van der Waals surface area contributed by atoms with E-state index in [4.69, 9.17) is 9.15 Å². The van der Waals surface area contributed by atoms with Crippen LogP contribution in [0.25, 0.3) is 11.0 Å². The van der Waals surface area contributed by atoms with Crippen molar-refractivity contribution in [3.8, 4) is 5.75 Å². The second-order valence-corrected chi connectivity index (χ2v) is 9.25. The van der Waals surface area contributed by atoms with Crippen molar-refractivity contribution in [2.45, 2.75) is 23.9 Å². The van der Waals surface area contributed by atoms with E-state index in [0.717, 1.165) is 21.0 Å². The number of carbonyl (C=O) groups excluding carboxylic acids is 2. The highest BCUT2D eigenvalue weighted by Gasteiger charge is 2.21. The van der Waals surface area contributed by atoms with Crippen molar-refractivity contribution in [3.05, 3.63) is 70.9 Å². The Labute approximate surface area is 199 Å². The number of likely N-dealkylation sites (N-methyl/N-ethyl adjacent to an activating group) is 1. The van der Waals surface area contributed by atoms with Gasteiger partial charge in [-0.3, -0.25) is 9.59 Å². The van der Waals surface area contributed by atoms with Gasteiger partial charge < -0.3 is 19.8 Å². The number of aromatic nitrogens is 1. The maximum absolute atomic E-state index is 13.1. The van der Waals surface area contributed by atoms with Crippen LogP contribution in [0.15, 0.2) is 62.7 Å². The molecule has 0 spiro atoms. The molecule has 7 nitrogen and oxygen atoms in total. The number of thiazole rings is 1. The number of hydrogen-bond donors (Lipinski definition) is 2. The number of rotatable bonds is 9. The second kappa shape index (κ2) is 10.5. The third kappa shape index (κ3) is 5.74. The zero-order valence-corrected chi connectivity index (χ0v) is 19.8. The lowest BCUT2D eigenvalue weighted by Crippen LogP contribution is -2.28. The van der Waals surface area contributed by atoms with E-state index >= 15 is 0 Å². The summed E-state index contributed by atoms with van der Waals surface area (Å²) < 4.78 is 12.3. The van der Waals surface area contributed by atoms with Gasteiger partial charge in [-0.15, -0.1) is 11.3 Å². The molecule has 33 heavy (non-hydrogen) atoms. The number of carbonyl (C=O) groups is 2. The highest BCUT2D eigenvalue weighted by Crippen LogP contribution is 2.33. The van der Waals surface area contributed by atoms with Gasteiger partial charge in [-0.2, -0.15) is 0 Å². The number of para-hydroxylation sites is 1. The Balaban J connectivity index is 1.47. The Bertz CT molecular complexity index is 1260. The predicted molar refractivity (Wildman–Crippen MR) is 131 cm³/mol. The molecule has 170 valence electrons. The zero-order valence-electron chi connectivity index (χ0n) is 18.2. The van der Waals surface area contributed by atoms with Crippen molar-refractivity contribution < 1.29 is 18.7 Å². The molecular formula is C24H23N3O4S2. The Kier molecular flexibility index (Phi) is 7.31. The standard InChI is InChI=1S/C24H23N3O4S2/c1-3-25-21(28)12-30-17-10-8-16(9-11-17)27-23(29)22-19(14-33-24-26-15(2)13-32-24)18-6-4-5-7-20(18)31-22/h4-11,13H,3,12,14H2,1-2H3,(H,25,28)(H,27,29). The number of nitrogens with one attached hydrogen (secondary N) is 2. The molecule has 4 rings (SSSR count). The molecule has 2 aromatic carbocycles. The largest absolute Gasteiger partial charge is 0.484 e. The molecule has 9 heteroatoms. The van der Waals surface area contributed by atoms with Gasteiger partial charge in [0.2, 0.25) is 0 Å². The van der Waals surface area contributed by atoms with Crippen LogP contribution >= 0.6 is 23.1 Å². The molecule has 0 saturated heterocycles. The van der Waals surface area contributed by atoms with E-state index < -0.39 is 0 Å². The van der Waals surface area contributed by atoms with Crippen molar-refractivity contribution in [2.75, 3.05) is 18.5 Å². The predicted octanol–water partition coefficient (Wildman–Crippen LogP) is 5.26. The average molecular weight is 482 g/mol. The maximum Gasteiger partial charge on any atom is 0.291 e. The summed E-state index contributed by atoms with van der Waals surface area (Å²) in [5.74, 6) is 0.887. The van der Waals surface area contributed by atoms with Gasteiger partial charge in [0.05, 0.1) is 0 Å². The molecule has 0 radical (unpaired) electrons. The lowest BCUT2D eigenvalue weighted by molar-refractivity contribution is -0.122. The minimum absolute atomic E-state index is 0.0574. The normalized spacial score (nSPS) is 10.8. The van der Waals surface area contributed by atoms with E-state index in [2.05, 4.69) is 15.6 Å². The quantitative estimate of drug-likeness (QED) is 0.317. The molecular weight excluding hydrogens is 458 g/mol. The Morgan fingerprint density at radius 2 is 1.94 bits per heavy atom. The van der Waals surface area contributed by atoms with Gasteiger partial charge in [0, 0.05) is 40.0 Å². The fraction of sp³-hybridized carbons (Fsp3) is 0.208. The van der Waals surface area contributed by atoms with Crippen LogP contribution in [0.3, 0.4) is 0 Å². The van der Waals surface area contributed by atoms with Crippen molar-refractivity contribution in [1.82, 2.24) is 10.3 Å². The van der Waals surface area contributed by atoms with Gasteiger partial charge in [-0.25, -0.2) is 4.98 Å². The van der Waals surface area contributed by atoms with Gasteiger partial charge in [0.1, 0.15) is 15.7 Å². The molecule has 0 bridgehead atoms. The summed E-state index contributed by atoms with van der Waals surface area (Å²) in [7, 11) is 0. The van der Waals surface area contributed by atoms with Crippen molar-refractivity contribution in [1.29, 1.82) is 0 Å². The van der Waals surface area contributed by atoms with E-state index in [1.165, 1.54) is 0 Å². The summed E-state index contributed by atoms with van der Waals surface area (Å²) in [5, 5.41) is 8.48. The summed E-state index contributed by atoms with van der Waals surface area (Å²) in [4.78, 5) is 29.1. The van der Waals surface area contributed by atoms with Gasteiger partial charge in [-0.05, 0) is 44.2 Å². The van der Waals surface area contributed by atoms with Gasteiger partial charge in [-0.1, -0.05) is 30.0 Å².